The average Bonchev–Trinajstić information content (AvgIpc) is 2.71. The fourth-order valence-corrected chi connectivity index (χ4v) is 2.13. The zero-order valence-corrected chi connectivity index (χ0v) is 11.6. The quantitative estimate of drug-likeness (QED) is 0.774. The first-order valence-corrected chi connectivity index (χ1v) is 6.59. The first-order valence-electron chi connectivity index (χ1n) is 6.59. The molecule has 0 saturated carbocycles. The maximum Gasteiger partial charge on any atom is 0.220 e. The van der Waals surface area contributed by atoms with E-state index in [9.17, 15) is 4.79 Å². The van der Waals surface area contributed by atoms with Gasteiger partial charge in [-0.15, -0.1) is 0 Å². The lowest BCUT2D eigenvalue weighted by atomic mass is 9.94. The molecule has 1 rings (SSSR count). The van der Waals surface area contributed by atoms with Crippen molar-refractivity contribution in [1.29, 1.82) is 0 Å². The summed E-state index contributed by atoms with van der Waals surface area (Å²) in [6, 6.07) is 2.01. The Kier molecular flexibility index (Phi) is 5.92. The molecule has 4 heteroatoms. The predicted octanol–water partition coefficient (Wildman–Crippen LogP) is 1.65. The number of nitrogens with zero attached hydrogens (tertiary/aromatic N) is 1. The van der Waals surface area contributed by atoms with Crippen molar-refractivity contribution in [1.82, 2.24) is 9.88 Å². The van der Waals surface area contributed by atoms with Crippen molar-refractivity contribution >= 4 is 5.91 Å². The Morgan fingerprint density at radius 3 is 2.72 bits per heavy atom. The number of amides is 1. The van der Waals surface area contributed by atoms with Crippen LogP contribution in [0.5, 0.6) is 0 Å². The van der Waals surface area contributed by atoms with Gasteiger partial charge in [0.1, 0.15) is 0 Å². The molecule has 0 bridgehead atoms. The molecule has 0 aromatic carbocycles. The maximum atomic E-state index is 11.8. The molecule has 0 spiro atoms. The van der Waals surface area contributed by atoms with Gasteiger partial charge in [0.25, 0.3) is 0 Å². The van der Waals surface area contributed by atoms with E-state index in [4.69, 9.17) is 5.73 Å². The molecule has 18 heavy (non-hydrogen) atoms. The third-order valence-corrected chi connectivity index (χ3v) is 3.00. The van der Waals surface area contributed by atoms with Gasteiger partial charge in [0.05, 0.1) is 0 Å². The number of aryl methyl sites for hydroxylation is 1. The van der Waals surface area contributed by atoms with Gasteiger partial charge >= 0.3 is 0 Å². The second-order valence-corrected chi connectivity index (χ2v) is 5.40. The van der Waals surface area contributed by atoms with Crippen LogP contribution in [-0.4, -0.2) is 17.0 Å². The van der Waals surface area contributed by atoms with E-state index in [1.807, 2.05) is 30.1 Å². The van der Waals surface area contributed by atoms with Crippen LogP contribution in [0.25, 0.3) is 0 Å². The Balaban J connectivity index is 2.32. The normalized spacial score (nSPS) is 12.7. The lowest BCUT2D eigenvalue weighted by Crippen LogP contribution is -2.28. The molecule has 1 atom stereocenters. The van der Waals surface area contributed by atoms with E-state index < -0.39 is 0 Å². The lowest BCUT2D eigenvalue weighted by molar-refractivity contribution is -0.122. The number of nitrogens with one attached hydrogen (secondary N) is 1. The van der Waals surface area contributed by atoms with E-state index in [0.29, 0.717) is 31.3 Å². The zero-order chi connectivity index (χ0) is 13.5. The molecule has 1 aromatic rings. The van der Waals surface area contributed by atoms with Crippen molar-refractivity contribution in [2.45, 2.75) is 33.2 Å². The monoisotopic (exact) mass is 251 g/mol. The summed E-state index contributed by atoms with van der Waals surface area (Å²) in [5.74, 6) is 0.969. The third kappa shape index (κ3) is 5.36. The van der Waals surface area contributed by atoms with Crippen molar-refractivity contribution in [3.8, 4) is 0 Å². The standard InChI is InChI=1S/C14H25N3O/c1-11(2)6-13(8-15)7-14(18)16-9-12-4-5-17(3)10-12/h4-5,10-11,13H,6-9,15H2,1-3H3,(H,16,18). The topological polar surface area (TPSA) is 60.1 Å². The average molecular weight is 251 g/mol. The van der Waals surface area contributed by atoms with Crippen molar-refractivity contribution < 1.29 is 4.79 Å². The van der Waals surface area contributed by atoms with Gasteiger partial charge in [0.15, 0.2) is 0 Å². The number of hydrogen-bond donors (Lipinski definition) is 2. The maximum absolute atomic E-state index is 11.8. The fourth-order valence-electron chi connectivity index (χ4n) is 2.13. The van der Waals surface area contributed by atoms with Crippen LogP contribution in [-0.2, 0) is 18.4 Å². The molecular weight excluding hydrogens is 226 g/mol. The minimum absolute atomic E-state index is 0.0925. The molecule has 1 heterocycles. The van der Waals surface area contributed by atoms with Crippen LogP contribution < -0.4 is 11.1 Å². The molecule has 0 aliphatic heterocycles. The zero-order valence-electron chi connectivity index (χ0n) is 11.6. The number of carbonyl (C=O) groups is 1. The van der Waals surface area contributed by atoms with Gasteiger partial charge in [0, 0.05) is 32.4 Å². The minimum Gasteiger partial charge on any atom is -0.357 e. The molecule has 102 valence electrons. The van der Waals surface area contributed by atoms with Crippen LogP contribution in [0.4, 0.5) is 0 Å². The molecule has 1 unspecified atom stereocenters. The largest absolute Gasteiger partial charge is 0.357 e. The van der Waals surface area contributed by atoms with Crippen molar-refractivity contribution in [2.24, 2.45) is 24.6 Å². The first-order chi connectivity index (χ1) is 8.51. The highest BCUT2D eigenvalue weighted by Crippen LogP contribution is 2.14. The van der Waals surface area contributed by atoms with Gasteiger partial charge in [-0.05, 0) is 36.4 Å². The number of carbonyl (C=O) groups excluding carboxylic acids is 1. The summed E-state index contributed by atoms with van der Waals surface area (Å²) in [6.45, 7) is 5.49. The molecule has 3 N–H and O–H groups in total. The molecule has 0 aliphatic carbocycles. The van der Waals surface area contributed by atoms with Crippen LogP contribution in [0.3, 0.4) is 0 Å². The Labute approximate surface area is 110 Å². The molecule has 1 amide bonds. The summed E-state index contributed by atoms with van der Waals surface area (Å²) in [6.07, 6.45) is 5.52. The fraction of sp³-hybridized carbons (Fsp3) is 0.643. The molecule has 0 saturated heterocycles. The SMILES string of the molecule is CC(C)CC(CN)CC(=O)NCc1ccn(C)c1. The van der Waals surface area contributed by atoms with Gasteiger partial charge in [-0.25, -0.2) is 0 Å². The van der Waals surface area contributed by atoms with Gasteiger partial charge < -0.3 is 15.6 Å². The number of rotatable bonds is 7. The van der Waals surface area contributed by atoms with Gasteiger partial charge in [-0.2, -0.15) is 0 Å². The van der Waals surface area contributed by atoms with Crippen molar-refractivity contribution in [2.75, 3.05) is 6.54 Å². The van der Waals surface area contributed by atoms with Crippen LogP contribution in [0.15, 0.2) is 18.5 Å². The Morgan fingerprint density at radius 1 is 1.50 bits per heavy atom. The number of hydrogen-bond acceptors (Lipinski definition) is 2. The molecule has 4 nitrogen and oxygen atoms in total. The lowest BCUT2D eigenvalue weighted by Gasteiger charge is -2.16. The highest BCUT2D eigenvalue weighted by atomic mass is 16.1. The van der Waals surface area contributed by atoms with E-state index in [-0.39, 0.29) is 5.91 Å². The van der Waals surface area contributed by atoms with Crippen LogP contribution in [0, 0.1) is 11.8 Å². The molecule has 1 aromatic heterocycles. The molecule has 0 aliphatic rings. The molecular formula is C14H25N3O. The van der Waals surface area contributed by atoms with E-state index in [1.54, 1.807) is 0 Å². The summed E-state index contributed by atoms with van der Waals surface area (Å²) >= 11 is 0. The molecule has 0 radical (unpaired) electrons. The van der Waals surface area contributed by atoms with Crippen molar-refractivity contribution in [3.05, 3.63) is 24.0 Å². The predicted molar refractivity (Wildman–Crippen MR) is 73.9 cm³/mol. The highest BCUT2D eigenvalue weighted by molar-refractivity contribution is 5.76. The van der Waals surface area contributed by atoms with E-state index in [1.165, 1.54) is 0 Å². The Morgan fingerprint density at radius 2 is 2.22 bits per heavy atom. The smallest absolute Gasteiger partial charge is 0.220 e. The summed E-state index contributed by atoms with van der Waals surface area (Å²) in [4.78, 5) is 11.8. The second kappa shape index (κ2) is 7.21. The number of aromatic nitrogens is 1. The Bertz CT molecular complexity index is 371. The van der Waals surface area contributed by atoms with Gasteiger partial charge in [-0.3, -0.25) is 4.79 Å². The van der Waals surface area contributed by atoms with E-state index in [0.717, 1.165) is 12.0 Å². The van der Waals surface area contributed by atoms with Crippen LogP contribution in [0.2, 0.25) is 0 Å². The summed E-state index contributed by atoms with van der Waals surface area (Å²) in [5.41, 5.74) is 6.82. The van der Waals surface area contributed by atoms with Gasteiger partial charge in [-0.1, -0.05) is 13.8 Å². The minimum atomic E-state index is 0.0925. The molecule has 0 fully saturated rings. The van der Waals surface area contributed by atoms with Crippen LogP contribution >= 0.6 is 0 Å². The van der Waals surface area contributed by atoms with Crippen LogP contribution in [0.1, 0.15) is 32.3 Å². The number of nitrogens with two attached hydrogens (primary N) is 1. The highest BCUT2D eigenvalue weighted by Gasteiger charge is 2.13. The third-order valence-electron chi connectivity index (χ3n) is 3.00. The summed E-state index contributed by atoms with van der Waals surface area (Å²) in [5, 5.41) is 2.94. The summed E-state index contributed by atoms with van der Waals surface area (Å²) in [7, 11) is 1.97. The first kappa shape index (κ1) is 14.8. The van der Waals surface area contributed by atoms with Gasteiger partial charge in [0.2, 0.25) is 5.91 Å². The van der Waals surface area contributed by atoms with E-state index >= 15 is 0 Å². The summed E-state index contributed by atoms with van der Waals surface area (Å²) < 4.78 is 1.98. The van der Waals surface area contributed by atoms with Crippen molar-refractivity contribution in [3.63, 3.8) is 0 Å². The van der Waals surface area contributed by atoms with E-state index in [2.05, 4.69) is 19.2 Å². The second-order valence-electron chi connectivity index (χ2n) is 5.40. The Hall–Kier alpha value is -1.29.